The Balaban J connectivity index is 2.10. The van der Waals surface area contributed by atoms with Crippen LogP contribution in [0.25, 0.3) is 11.0 Å². The summed E-state index contributed by atoms with van der Waals surface area (Å²) in [5, 5.41) is 11.5. The number of amidine groups is 1. The van der Waals surface area contributed by atoms with E-state index in [0.717, 1.165) is 4.68 Å². The zero-order valence-corrected chi connectivity index (χ0v) is 24.8. The summed E-state index contributed by atoms with van der Waals surface area (Å²) in [6.45, 7) is 15.9. The van der Waals surface area contributed by atoms with Gasteiger partial charge in [0.1, 0.15) is 29.1 Å². The third kappa shape index (κ3) is 9.05. The van der Waals surface area contributed by atoms with Gasteiger partial charge in [0.25, 0.3) is 0 Å². The Morgan fingerprint density at radius 1 is 1.10 bits per heavy atom. The summed E-state index contributed by atoms with van der Waals surface area (Å²) >= 11 is 0. The summed E-state index contributed by atoms with van der Waals surface area (Å²) in [6.07, 6.45) is 2.46. The Labute approximate surface area is 238 Å². The lowest BCUT2D eigenvalue weighted by atomic mass is 9.90. The number of aliphatic imine (C=N–C) groups is 2. The number of hydrogen-bond acceptors (Lipinski definition) is 7. The minimum absolute atomic E-state index is 0.0431. The monoisotopic (exact) mass is 576 g/mol. The molecule has 3 rings (SSSR count). The Morgan fingerprint density at radius 3 is 2.37 bits per heavy atom. The second-order valence-corrected chi connectivity index (χ2v) is 11.5. The molecule has 0 aromatic carbocycles. The average molecular weight is 577 g/mol. The molecule has 13 heteroatoms. The van der Waals surface area contributed by atoms with Gasteiger partial charge >= 0.3 is 12.2 Å². The molecule has 10 nitrogen and oxygen atoms in total. The van der Waals surface area contributed by atoms with E-state index in [2.05, 4.69) is 37.1 Å². The third-order valence-corrected chi connectivity index (χ3v) is 5.71. The van der Waals surface area contributed by atoms with Crippen LogP contribution in [-0.4, -0.2) is 61.2 Å². The van der Waals surface area contributed by atoms with E-state index in [9.17, 15) is 13.2 Å². The van der Waals surface area contributed by atoms with E-state index in [1.165, 1.54) is 6.20 Å². The van der Waals surface area contributed by atoms with Crippen molar-refractivity contribution in [3.8, 4) is 0 Å². The van der Waals surface area contributed by atoms with Crippen molar-refractivity contribution in [1.29, 1.82) is 0 Å². The van der Waals surface area contributed by atoms with Gasteiger partial charge < -0.3 is 14.8 Å². The molecule has 0 saturated heterocycles. The van der Waals surface area contributed by atoms with Crippen LogP contribution >= 0.6 is 0 Å². The number of nitrogens with one attached hydrogen (secondary N) is 1. The Morgan fingerprint density at radius 2 is 1.78 bits per heavy atom. The van der Waals surface area contributed by atoms with Gasteiger partial charge in [-0.2, -0.15) is 28.4 Å². The smallest absolute Gasteiger partial charge is 0.408 e. The second kappa shape index (κ2) is 12.3. The molecule has 224 valence electrons. The van der Waals surface area contributed by atoms with Crippen LogP contribution in [0.15, 0.2) is 53.2 Å². The molecule has 0 aliphatic rings. The van der Waals surface area contributed by atoms with Crippen molar-refractivity contribution in [2.75, 3.05) is 12.4 Å². The quantitative estimate of drug-likeness (QED) is 0.177. The molecule has 0 amide bonds. The van der Waals surface area contributed by atoms with Crippen molar-refractivity contribution >= 4 is 29.1 Å². The summed E-state index contributed by atoms with van der Waals surface area (Å²) in [7, 11) is 1.77. The number of anilines is 1. The topological polar surface area (TPSA) is 104 Å². The number of ether oxygens (including phenoxy) is 2. The van der Waals surface area contributed by atoms with Crippen LogP contribution in [0.5, 0.6) is 0 Å². The fourth-order valence-corrected chi connectivity index (χ4v) is 4.21. The zero-order chi connectivity index (χ0) is 30.6. The van der Waals surface area contributed by atoms with Crippen molar-refractivity contribution < 1.29 is 22.6 Å². The lowest BCUT2D eigenvalue weighted by molar-refractivity contribution is -0.141. The van der Waals surface area contributed by atoms with Crippen LogP contribution < -0.4 is 5.32 Å². The van der Waals surface area contributed by atoms with Crippen molar-refractivity contribution in [1.82, 2.24) is 24.5 Å². The largest absolute Gasteiger partial charge is 0.472 e. The fraction of sp³-hybridized carbons (Fsp3) is 0.536. The maximum absolute atomic E-state index is 13.2. The van der Waals surface area contributed by atoms with E-state index in [1.807, 2.05) is 54.5 Å². The summed E-state index contributed by atoms with van der Waals surface area (Å²) < 4.78 is 54.0. The molecule has 0 spiro atoms. The minimum Gasteiger partial charge on any atom is -0.472 e. The highest BCUT2D eigenvalue weighted by Gasteiger charge is 2.30. The molecule has 3 heterocycles. The lowest BCUT2D eigenvalue weighted by Crippen LogP contribution is -2.26. The molecule has 0 radical (unpaired) electrons. The van der Waals surface area contributed by atoms with Gasteiger partial charge in [0, 0.05) is 31.4 Å². The summed E-state index contributed by atoms with van der Waals surface area (Å²) in [6, 6.07) is 3.05. The molecule has 0 aliphatic heterocycles. The van der Waals surface area contributed by atoms with E-state index in [0.29, 0.717) is 23.3 Å². The molecular weight excluding hydrogens is 537 g/mol. The SMILES string of the molecule is C=C(N=C(N=CC(C(CC)c1cnc2cnn(CC(F)(F)F)c2c1)n1nccc1NC)OC(C)(C)C)OC(C)(C)C. The molecule has 0 bridgehead atoms. The zero-order valence-electron chi connectivity index (χ0n) is 24.8. The lowest BCUT2D eigenvalue weighted by Gasteiger charge is -2.26. The highest BCUT2D eigenvalue weighted by atomic mass is 19.4. The second-order valence-electron chi connectivity index (χ2n) is 11.5. The first-order chi connectivity index (χ1) is 19.0. The minimum atomic E-state index is -4.42. The van der Waals surface area contributed by atoms with Gasteiger partial charge in [-0.15, -0.1) is 0 Å². The van der Waals surface area contributed by atoms with Crippen LogP contribution in [0.4, 0.5) is 19.0 Å². The summed E-state index contributed by atoms with van der Waals surface area (Å²) in [5.74, 6) is 0.564. The van der Waals surface area contributed by atoms with Crippen LogP contribution in [0.1, 0.15) is 72.4 Å². The van der Waals surface area contributed by atoms with Crippen molar-refractivity contribution in [2.24, 2.45) is 9.98 Å². The Hall–Kier alpha value is -3.90. The number of nitrogens with zero attached hydrogens (tertiary/aromatic N) is 7. The Bertz CT molecular complexity index is 1390. The van der Waals surface area contributed by atoms with E-state index < -0.39 is 30.0 Å². The third-order valence-electron chi connectivity index (χ3n) is 5.71. The fourth-order valence-electron chi connectivity index (χ4n) is 4.21. The number of aromatic nitrogens is 5. The highest BCUT2D eigenvalue weighted by Crippen LogP contribution is 2.34. The predicted molar refractivity (Wildman–Crippen MR) is 154 cm³/mol. The van der Waals surface area contributed by atoms with Crippen LogP contribution in [0, 0.1) is 0 Å². The maximum atomic E-state index is 13.2. The van der Waals surface area contributed by atoms with Crippen LogP contribution in [-0.2, 0) is 16.0 Å². The van der Waals surface area contributed by atoms with Crippen LogP contribution in [0.2, 0.25) is 0 Å². The van der Waals surface area contributed by atoms with E-state index in [-0.39, 0.29) is 23.3 Å². The first-order valence-electron chi connectivity index (χ1n) is 13.3. The molecule has 0 saturated carbocycles. The van der Waals surface area contributed by atoms with Gasteiger partial charge in [-0.05, 0) is 66.2 Å². The van der Waals surface area contributed by atoms with Crippen molar-refractivity contribution in [3.05, 3.63) is 48.7 Å². The normalized spacial score (nSPS) is 14.9. The van der Waals surface area contributed by atoms with E-state index >= 15 is 0 Å². The summed E-state index contributed by atoms with van der Waals surface area (Å²) in [5.41, 5.74) is 0.226. The molecule has 3 aromatic heterocycles. The van der Waals surface area contributed by atoms with Gasteiger partial charge in [0.05, 0.1) is 24.0 Å². The number of halogens is 3. The maximum Gasteiger partial charge on any atom is 0.408 e. The van der Waals surface area contributed by atoms with Crippen molar-refractivity contribution in [3.63, 3.8) is 0 Å². The van der Waals surface area contributed by atoms with Gasteiger partial charge in [0.15, 0.2) is 0 Å². The Kier molecular flexibility index (Phi) is 9.50. The van der Waals surface area contributed by atoms with E-state index in [4.69, 9.17) is 9.47 Å². The molecule has 41 heavy (non-hydrogen) atoms. The number of alkyl halides is 3. The number of rotatable bonds is 9. The average Bonchev–Trinajstić information content (AvgIpc) is 3.45. The molecule has 1 N–H and O–H groups in total. The predicted octanol–water partition coefficient (Wildman–Crippen LogP) is 6.49. The number of hydrogen-bond donors (Lipinski definition) is 1. The van der Waals surface area contributed by atoms with Gasteiger partial charge in [-0.25, -0.2) is 9.67 Å². The molecule has 3 aromatic rings. The van der Waals surface area contributed by atoms with Gasteiger partial charge in [-0.1, -0.05) is 6.92 Å². The van der Waals surface area contributed by atoms with Crippen LogP contribution in [0.3, 0.4) is 0 Å². The summed E-state index contributed by atoms with van der Waals surface area (Å²) in [4.78, 5) is 13.4. The van der Waals surface area contributed by atoms with Gasteiger partial charge in [-0.3, -0.25) is 9.67 Å². The first-order valence-corrected chi connectivity index (χ1v) is 13.3. The molecule has 2 atom stereocenters. The highest BCUT2D eigenvalue weighted by molar-refractivity contribution is 5.86. The van der Waals surface area contributed by atoms with E-state index in [1.54, 1.807) is 36.4 Å². The molecule has 0 fully saturated rings. The first kappa shape index (κ1) is 31.6. The number of fused-ring (bicyclic) bond motifs is 1. The van der Waals surface area contributed by atoms with Gasteiger partial charge in [0.2, 0.25) is 5.88 Å². The molecular formula is C28H39F3N8O2. The molecule has 0 aliphatic carbocycles. The molecule has 2 unspecified atom stereocenters. The number of pyridine rings is 1. The standard InChI is InChI=1S/C28H39F3N8O2/c1-10-20(19-13-22-21(33-14-19)15-36-38(22)17-28(29,30)31)23(39-24(32-9)11-12-35-39)16-34-25(41-27(6,7)8)37-18(2)40-26(3,4)5/h11-16,20,23,32H,2,10,17H2,1,3-9H3. The van der Waals surface area contributed by atoms with Crippen molar-refractivity contribution in [2.45, 2.75) is 90.8 Å².